The number of thiazole rings is 1. The van der Waals surface area contributed by atoms with Crippen molar-refractivity contribution < 1.29 is 4.79 Å². The molecular formula is C22H24N4O2S. The molecule has 2 aromatic heterocycles. The number of H-pyrrole nitrogens is 1. The Balaban J connectivity index is 1.44. The zero-order valence-electron chi connectivity index (χ0n) is 16.6. The molecule has 29 heavy (non-hydrogen) atoms. The van der Waals surface area contributed by atoms with Gasteiger partial charge in [-0.25, -0.2) is 9.97 Å². The normalized spacial score (nSPS) is 16.0. The van der Waals surface area contributed by atoms with E-state index in [9.17, 15) is 9.59 Å². The van der Waals surface area contributed by atoms with Crippen molar-refractivity contribution in [2.45, 2.75) is 38.5 Å². The lowest BCUT2D eigenvalue weighted by atomic mass is 9.93. The van der Waals surface area contributed by atoms with E-state index >= 15 is 0 Å². The molecule has 1 aliphatic heterocycles. The predicted molar refractivity (Wildman–Crippen MR) is 114 cm³/mol. The summed E-state index contributed by atoms with van der Waals surface area (Å²) in [6, 6.07) is 9.64. The second-order valence-corrected chi connectivity index (χ2v) is 8.48. The molecule has 0 spiro atoms. The molecule has 1 aromatic carbocycles. The second-order valence-electron chi connectivity index (χ2n) is 7.59. The minimum Gasteiger partial charge on any atom is -0.342 e. The largest absolute Gasteiger partial charge is 0.342 e. The molecule has 1 saturated heterocycles. The number of hydrogen-bond acceptors (Lipinski definition) is 5. The third-order valence-electron chi connectivity index (χ3n) is 5.55. The molecular weight excluding hydrogens is 384 g/mol. The van der Waals surface area contributed by atoms with Gasteiger partial charge in [0.15, 0.2) is 0 Å². The number of nitrogens with one attached hydrogen (secondary N) is 1. The molecule has 1 amide bonds. The molecule has 0 unspecified atom stereocenters. The van der Waals surface area contributed by atoms with Crippen LogP contribution in [0.15, 0.2) is 46.7 Å². The van der Waals surface area contributed by atoms with Crippen molar-refractivity contribution in [3.8, 4) is 10.7 Å². The molecule has 0 saturated carbocycles. The summed E-state index contributed by atoms with van der Waals surface area (Å²) < 4.78 is 0. The smallest absolute Gasteiger partial charge is 0.251 e. The van der Waals surface area contributed by atoms with Gasteiger partial charge in [-0.05, 0) is 32.3 Å². The van der Waals surface area contributed by atoms with Crippen LogP contribution >= 0.6 is 11.3 Å². The number of carbonyl (C=O) groups is 1. The van der Waals surface area contributed by atoms with Gasteiger partial charge in [-0.1, -0.05) is 29.8 Å². The van der Waals surface area contributed by atoms with E-state index in [0.717, 1.165) is 23.4 Å². The van der Waals surface area contributed by atoms with E-state index in [0.29, 0.717) is 24.6 Å². The SMILES string of the molecule is Cc1ccc([C@H](C)C(=O)N2CCC(c3nc(-c4nccs4)cc(=O)[nH]3)CC2)cc1. The zero-order valence-corrected chi connectivity index (χ0v) is 17.4. The van der Waals surface area contributed by atoms with Crippen molar-refractivity contribution >= 4 is 17.2 Å². The molecule has 150 valence electrons. The maximum absolute atomic E-state index is 12.9. The third-order valence-corrected chi connectivity index (χ3v) is 6.35. The molecule has 1 aliphatic rings. The van der Waals surface area contributed by atoms with Crippen molar-refractivity contribution in [1.82, 2.24) is 19.9 Å². The number of aryl methyl sites for hydroxylation is 1. The molecule has 0 radical (unpaired) electrons. The molecule has 7 heteroatoms. The fourth-order valence-electron chi connectivity index (χ4n) is 3.77. The summed E-state index contributed by atoms with van der Waals surface area (Å²) in [7, 11) is 0. The summed E-state index contributed by atoms with van der Waals surface area (Å²) in [5.41, 5.74) is 2.69. The number of rotatable bonds is 4. The number of carbonyl (C=O) groups excluding carboxylic acids is 1. The summed E-state index contributed by atoms with van der Waals surface area (Å²) in [5.74, 6) is 0.839. The molecule has 1 N–H and O–H groups in total. The Kier molecular flexibility index (Phi) is 5.58. The summed E-state index contributed by atoms with van der Waals surface area (Å²) in [6.07, 6.45) is 3.29. The quantitative estimate of drug-likeness (QED) is 0.714. The first-order valence-corrected chi connectivity index (χ1v) is 10.8. The molecule has 3 heterocycles. The Hall–Kier alpha value is -2.80. The maximum Gasteiger partial charge on any atom is 0.251 e. The topological polar surface area (TPSA) is 79.0 Å². The molecule has 0 aliphatic carbocycles. The molecule has 6 nitrogen and oxygen atoms in total. The number of amides is 1. The van der Waals surface area contributed by atoms with Crippen LogP contribution in [0.5, 0.6) is 0 Å². The second kappa shape index (κ2) is 8.29. The van der Waals surface area contributed by atoms with Crippen molar-refractivity contribution in [3.05, 3.63) is 69.2 Å². The van der Waals surface area contributed by atoms with Gasteiger partial charge in [0.1, 0.15) is 16.5 Å². The Labute approximate surface area is 173 Å². The lowest BCUT2D eigenvalue weighted by Gasteiger charge is -2.33. The van der Waals surface area contributed by atoms with Gasteiger partial charge in [0.05, 0.1) is 5.92 Å². The highest BCUT2D eigenvalue weighted by Gasteiger charge is 2.28. The lowest BCUT2D eigenvalue weighted by molar-refractivity contribution is -0.133. The molecule has 1 fully saturated rings. The average molecular weight is 409 g/mol. The Bertz CT molecular complexity index is 1040. The van der Waals surface area contributed by atoms with E-state index in [1.54, 1.807) is 6.20 Å². The number of aromatic amines is 1. The van der Waals surface area contributed by atoms with E-state index in [-0.39, 0.29) is 23.3 Å². The average Bonchev–Trinajstić information content (AvgIpc) is 3.28. The van der Waals surface area contributed by atoms with E-state index in [1.165, 1.54) is 23.0 Å². The first-order valence-electron chi connectivity index (χ1n) is 9.88. The number of piperidine rings is 1. The van der Waals surface area contributed by atoms with Crippen LogP contribution < -0.4 is 5.56 Å². The van der Waals surface area contributed by atoms with Crippen LogP contribution in [0.1, 0.15) is 48.6 Å². The Morgan fingerprint density at radius 2 is 1.97 bits per heavy atom. The van der Waals surface area contributed by atoms with Crippen LogP contribution in [0.2, 0.25) is 0 Å². The molecule has 3 aromatic rings. The van der Waals surface area contributed by atoms with Gasteiger partial charge < -0.3 is 9.88 Å². The summed E-state index contributed by atoms with van der Waals surface area (Å²) in [4.78, 5) is 38.8. The van der Waals surface area contributed by atoms with Crippen LogP contribution in [-0.2, 0) is 4.79 Å². The van der Waals surface area contributed by atoms with Crippen molar-refractivity contribution in [2.75, 3.05) is 13.1 Å². The van der Waals surface area contributed by atoms with E-state index in [4.69, 9.17) is 0 Å². The van der Waals surface area contributed by atoms with Crippen molar-refractivity contribution in [2.24, 2.45) is 0 Å². The lowest BCUT2D eigenvalue weighted by Crippen LogP contribution is -2.40. The fourth-order valence-corrected chi connectivity index (χ4v) is 4.37. The molecule has 0 bridgehead atoms. The number of benzene rings is 1. The van der Waals surface area contributed by atoms with Gasteiger partial charge in [-0.3, -0.25) is 9.59 Å². The van der Waals surface area contributed by atoms with Gasteiger partial charge in [0, 0.05) is 36.7 Å². The first kappa shape index (κ1) is 19.5. The maximum atomic E-state index is 12.9. The summed E-state index contributed by atoms with van der Waals surface area (Å²) in [5, 5.41) is 2.62. The monoisotopic (exact) mass is 408 g/mol. The van der Waals surface area contributed by atoms with Crippen LogP contribution in [0.4, 0.5) is 0 Å². The van der Waals surface area contributed by atoms with Crippen LogP contribution in [0, 0.1) is 6.92 Å². The highest BCUT2D eigenvalue weighted by Crippen LogP contribution is 2.29. The van der Waals surface area contributed by atoms with Crippen LogP contribution in [0.25, 0.3) is 10.7 Å². The van der Waals surface area contributed by atoms with E-state index < -0.39 is 0 Å². The highest BCUT2D eigenvalue weighted by molar-refractivity contribution is 7.13. The van der Waals surface area contributed by atoms with Crippen molar-refractivity contribution in [1.29, 1.82) is 0 Å². The Morgan fingerprint density at radius 1 is 1.24 bits per heavy atom. The van der Waals surface area contributed by atoms with Crippen LogP contribution in [0.3, 0.4) is 0 Å². The summed E-state index contributed by atoms with van der Waals surface area (Å²) in [6.45, 7) is 5.36. The van der Waals surface area contributed by atoms with Gasteiger partial charge >= 0.3 is 0 Å². The minimum absolute atomic E-state index is 0.140. The number of aromatic nitrogens is 3. The van der Waals surface area contributed by atoms with E-state index in [1.807, 2.05) is 48.4 Å². The minimum atomic E-state index is -0.160. The highest BCUT2D eigenvalue weighted by atomic mass is 32.1. The van der Waals surface area contributed by atoms with Gasteiger partial charge in [-0.15, -0.1) is 11.3 Å². The third kappa shape index (κ3) is 4.29. The first-order chi connectivity index (χ1) is 14.0. The predicted octanol–water partition coefficient (Wildman–Crippen LogP) is 3.71. The number of nitrogens with zero attached hydrogens (tertiary/aromatic N) is 3. The fraction of sp³-hybridized carbons (Fsp3) is 0.364. The van der Waals surface area contributed by atoms with Crippen molar-refractivity contribution in [3.63, 3.8) is 0 Å². The Morgan fingerprint density at radius 3 is 2.62 bits per heavy atom. The van der Waals surface area contributed by atoms with Gasteiger partial charge in [0.2, 0.25) is 5.91 Å². The molecule has 4 rings (SSSR count). The van der Waals surface area contributed by atoms with E-state index in [2.05, 4.69) is 15.0 Å². The standard InChI is InChI=1S/C22H24N4O2S/c1-14-3-5-16(6-4-14)15(2)22(28)26-10-7-17(8-11-26)20-24-18(13-19(27)25-20)21-23-9-12-29-21/h3-6,9,12-13,15,17H,7-8,10-11H2,1-2H3,(H,24,25,27)/t15-/m0/s1. The number of hydrogen-bond donors (Lipinski definition) is 1. The number of likely N-dealkylation sites (tertiary alicyclic amines) is 1. The van der Waals surface area contributed by atoms with Gasteiger partial charge in [-0.2, -0.15) is 0 Å². The summed E-state index contributed by atoms with van der Waals surface area (Å²) >= 11 is 1.47. The van der Waals surface area contributed by atoms with Gasteiger partial charge in [0.25, 0.3) is 5.56 Å². The molecule has 1 atom stereocenters. The van der Waals surface area contributed by atoms with Crippen LogP contribution in [-0.4, -0.2) is 38.8 Å². The zero-order chi connectivity index (χ0) is 20.4.